The Morgan fingerprint density at radius 2 is 1.75 bits per heavy atom. The lowest BCUT2D eigenvalue weighted by Crippen LogP contribution is -2.41. The largest absolute Gasteiger partial charge is 0.347 e. The molecule has 0 spiro atoms. The van der Waals surface area contributed by atoms with Crippen molar-refractivity contribution in [3.8, 4) is 0 Å². The lowest BCUT2D eigenvalue weighted by Gasteiger charge is -2.26. The predicted molar refractivity (Wildman–Crippen MR) is 75.5 cm³/mol. The molecule has 20 heavy (non-hydrogen) atoms. The number of amides is 1. The minimum Gasteiger partial charge on any atom is -0.347 e. The minimum absolute atomic E-state index is 0.0987. The van der Waals surface area contributed by atoms with Crippen molar-refractivity contribution in [1.82, 2.24) is 10.3 Å². The summed E-state index contributed by atoms with van der Waals surface area (Å²) in [4.78, 5) is 16.0. The summed E-state index contributed by atoms with van der Waals surface area (Å²) in [7, 11) is 0. The van der Waals surface area contributed by atoms with Crippen LogP contribution in [0, 0.1) is 5.82 Å². The van der Waals surface area contributed by atoms with Crippen molar-refractivity contribution in [2.75, 3.05) is 0 Å². The van der Waals surface area contributed by atoms with Crippen molar-refractivity contribution >= 4 is 5.91 Å². The molecule has 0 bridgehead atoms. The summed E-state index contributed by atoms with van der Waals surface area (Å²) >= 11 is 0. The third-order valence-corrected chi connectivity index (χ3v) is 3.13. The first-order valence-corrected chi connectivity index (χ1v) is 6.43. The number of aromatic nitrogens is 1. The lowest BCUT2D eigenvalue weighted by molar-refractivity contribution is -0.122. The fraction of sp³-hybridized carbons (Fsp3) is 0.250. The highest BCUT2D eigenvalue weighted by Gasteiger charge is 2.22. The number of carbonyl (C=O) groups is 1. The van der Waals surface area contributed by atoms with E-state index in [2.05, 4.69) is 10.3 Å². The molecule has 1 N–H and O–H groups in total. The molecule has 2 rings (SSSR count). The Hall–Kier alpha value is -2.23. The van der Waals surface area contributed by atoms with Crippen LogP contribution in [0.25, 0.3) is 0 Å². The van der Waals surface area contributed by atoms with Gasteiger partial charge < -0.3 is 5.32 Å². The van der Waals surface area contributed by atoms with Crippen molar-refractivity contribution in [2.24, 2.45) is 0 Å². The van der Waals surface area contributed by atoms with Gasteiger partial charge in [0, 0.05) is 12.4 Å². The number of pyridine rings is 1. The van der Waals surface area contributed by atoms with Gasteiger partial charge in [-0.25, -0.2) is 4.39 Å². The van der Waals surface area contributed by atoms with E-state index in [9.17, 15) is 9.18 Å². The smallest absolute Gasteiger partial charge is 0.225 e. The van der Waals surface area contributed by atoms with E-state index in [4.69, 9.17) is 0 Å². The standard InChI is InChI=1S/C16H17FN2O/c1-16(2,13-7-9-18-10-8-13)19-15(20)11-12-3-5-14(17)6-4-12/h3-10H,11H2,1-2H3,(H,19,20). The van der Waals surface area contributed by atoms with Gasteiger partial charge in [-0.15, -0.1) is 0 Å². The molecule has 0 radical (unpaired) electrons. The average molecular weight is 272 g/mol. The zero-order valence-corrected chi connectivity index (χ0v) is 11.6. The van der Waals surface area contributed by atoms with Crippen molar-refractivity contribution in [1.29, 1.82) is 0 Å². The Morgan fingerprint density at radius 3 is 2.35 bits per heavy atom. The number of hydrogen-bond donors (Lipinski definition) is 1. The lowest BCUT2D eigenvalue weighted by atomic mass is 9.95. The first-order chi connectivity index (χ1) is 9.47. The van der Waals surface area contributed by atoms with Gasteiger partial charge in [0.15, 0.2) is 0 Å². The average Bonchev–Trinajstić information content (AvgIpc) is 2.42. The van der Waals surface area contributed by atoms with E-state index in [0.717, 1.165) is 11.1 Å². The summed E-state index contributed by atoms with van der Waals surface area (Å²) in [6, 6.07) is 9.70. The van der Waals surface area contributed by atoms with Gasteiger partial charge in [0.25, 0.3) is 0 Å². The monoisotopic (exact) mass is 272 g/mol. The van der Waals surface area contributed by atoms with Crippen LogP contribution in [-0.4, -0.2) is 10.9 Å². The van der Waals surface area contributed by atoms with E-state index in [0.29, 0.717) is 0 Å². The number of hydrogen-bond acceptors (Lipinski definition) is 2. The van der Waals surface area contributed by atoms with Gasteiger partial charge >= 0.3 is 0 Å². The second kappa shape index (κ2) is 5.82. The van der Waals surface area contributed by atoms with Gasteiger partial charge in [0.05, 0.1) is 12.0 Å². The van der Waals surface area contributed by atoms with Crippen LogP contribution in [0.1, 0.15) is 25.0 Å². The Kier molecular flexibility index (Phi) is 4.13. The third kappa shape index (κ3) is 3.63. The zero-order chi connectivity index (χ0) is 14.6. The van der Waals surface area contributed by atoms with Gasteiger partial charge in [0.2, 0.25) is 5.91 Å². The zero-order valence-electron chi connectivity index (χ0n) is 11.6. The van der Waals surface area contributed by atoms with Crippen molar-refractivity contribution < 1.29 is 9.18 Å². The molecule has 1 aromatic heterocycles. The second-order valence-corrected chi connectivity index (χ2v) is 5.21. The topological polar surface area (TPSA) is 42.0 Å². The van der Waals surface area contributed by atoms with Crippen LogP contribution in [0.3, 0.4) is 0 Å². The summed E-state index contributed by atoms with van der Waals surface area (Å²) in [6.07, 6.45) is 3.63. The van der Waals surface area contributed by atoms with Crippen LogP contribution in [0.4, 0.5) is 4.39 Å². The highest BCUT2D eigenvalue weighted by molar-refractivity contribution is 5.79. The quantitative estimate of drug-likeness (QED) is 0.930. The number of rotatable bonds is 4. The van der Waals surface area contributed by atoms with Crippen LogP contribution in [0.2, 0.25) is 0 Å². The molecule has 0 atom stereocenters. The molecule has 0 saturated carbocycles. The Balaban J connectivity index is 2.02. The summed E-state index contributed by atoms with van der Waals surface area (Å²) < 4.78 is 12.8. The molecule has 2 aromatic rings. The Labute approximate surface area is 117 Å². The second-order valence-electron chi connectivity index (χ2n) is 5.21. The highest BCUT2D eigenvalue weighted by Crippen LogP contribution is 2.19. The number of nitrogens with zero attached hydrogens (tertiary/aromatic N) is 1. The van der Waals surface area contributed by atoms with E-state index in [-0.39, 0.29) is 18.1 Å². The Bertz CT molecular complexity index is 579. The number of halogens is 1. The van der Waals surface area contributed by atoms with E-state index < -0.39 is 5.54 Å². The molecule has 1 aromatic carbocycles. The molecule has 0 aliphatic heterocycles. The van der Waals surface area contributed by atoms with Crippen LogP contribution < -0.4 is 5.32 Å². The van der Waals surface area contributed by atoms with E-state index >= 15 is 0 Å². The predicted octanol–water partition coefficient (Wildman–Crippen LogP) is 2.81. The SMILES string of the molecule is CC(C)(NC(=O)Cc1ccc(F)cc1)c1ccncc1. The molecule has 104 valence electrons. The number of carbonyl (C=O) groups excluding carboxylic acids is 1. The van der Waals surface area contributed by atoms with Gasteiger partial charge in [-0.2, -0.15) is 0 Å². The molecule has 0 aliphatic carbocycles. The van der Waals surface area contributed by atoms with Gasteiger partial charge in [-0.3, -0.25) is 9.78 Å². The maximum atomic E-state index is 12.8. The van der Waals surface area contributed by atoms with Gasteiger partial charge in [-0.1, -0.05) is 12.1 Å². The molecule has 3 nitrogen and oxygen atoms in total. The summed E-state index contributed by atoms with van der Waals surface area (Å²) in [5.74, 6) is -0.398. The fourth-order valence-corrected chi connectivity index (χ4v) is 2.02. The summed E-state index contributed by atoms with van der Waals surface area (Å²) in [5, 5.41) is 2.98. The maximum Gasteiger partial charge on any atom is 0.225 e. The minimum atomic E-state index is -0.472. The molecule has 1 heterocycles. The molecule has 0 unspecified atom stereocenters. The van der Waals surface area contributed by atoms with E-state index in [1.54, 1.807) is 24.5 Å². The molecule has 0 fully saturated rings. The molecular weight excluding hydrogens is 255 g/mol. The molecular formula is C16H17FN2O. The van der Waals surface area contributed by atoms with E-state index in [1.165, 1.54) is 12.1 Å². The number of nitrogens with one attached hydrogen (secondary N) is 1. The van der Waals surface area contributed by atoms with E-state index in [1.807, 2.05) is 26.0 Å². The summed E-state index contributed by atoms with van der Waals surface area (Å²) in [5.41, 5.74) is 1.30. The maximum absolute atomic E-state index is 12.8. The normalized spacial score (nSPS) is 11.2. The van der Waals surface area contributed by atoms with Crippen molar-refractivity contribution in [3.63, 3.8) is 0 Å². The van der Waals surface area contributed by atoms with Crippen molar-refractivity contribution in [2.45, 2.75) is 25.8 Å². The van der Waals surface area contributed by atoms with Gasteiger partial charge in [-0.05, 0) is 49.2 Å². The van der Waals surface area contributed by atoms with Crippen LogP contribution in [0.15, 0.2) is 48.8 Å². The fourth-order valence-electron chi connectivity index (χ4n) is 2.02. The molecule has 1 amide bonds. The van der Waals surface area contributed by atoms with Crippen molar-refractivity contribution in [3.05, 3.63) is 65.7 Å². The number of benzene rings is 1. The van der Waals surface area contributed by atoms with Crippen LogP contribution in [-0.2, 0) is 16.8 Å². The van der Waals surface area contributed by atoms with Gasteiger partial charge in [0.1, 0.15) is 5.82 Å². The highest BCUT2D eigenvalue weighted by atomic mass is 19.1. The first kappa shape index (κ1) is 14.2. The van der Waals surface area contributed by atoms with Crippen LogP contribution >= 0.6 is 0 Å². The molecule has 4 heteroatoms. The molecule has 0 aliphatic rings. The Morgan fingerprint density at radius 1 is 1.15 bits per heavy atom. The van der Waals surface area contributed by atoms with Crippen LogP contribution in [0.5, 0.6) is 0 Å². The summed E-state index contributed by atoms with van der Waals surface area (Å²) in [6.45, 7) is 3.87. The third-order valence-electron chi connectivity index (χ3n) is 3.13. The molecule has 0 saturated heterocycles. The first-order valence-electron chi connectivity index (χ1n) is 6.43.